The van der Waals surface area contributed by atoms with Crippen LogP contribution in [0.3, 0.4) is 0 Å². The van der Waals surface area contributed by atoms with E-state index in [1.165, 1.54) is 0 Å². The lowest BCUT2D eigenvalue weighted by Gasteiger charge is -2.09. The molecule has 0 aliphatic carbocycles. The Bertz CT molecular complexity index is 1000. The van der Waals surface area contributed by atoms with E-state index >= 15 is 0 Å². The van der Waals surface area contributed by atoms with Gasteiger partial charge < -0.3 is 18.9 Å². The van der Waals surface area contributed by atoms with Crippen molar-refractivity contribution in [2.24, 2.45) is 10.2 Å². The lowest BCUT2D eigenvalue weighted by molar-refractivity contribution is -0.122. The molecule has 2 N–H and O–H groups in total. The van der Waals surface area contributed by atoms with Gasteiger partial charge in [0, 0.05) is 12.8 Å². The molecule has 10 nitrogen and oxygen atoms in total. The first kappa shape index (κ1) is 30.1. The summed E-state index contributed by atoms with van der Waals surface area (Å²) >= 11 is 0. The molecule has 0 atom stereocenters. The molecule has 0 aliphatic heterocycles. The van der Waals surface area contributed by atoms with E-state index < -0.39 is 0 Å². The maximum absolute atomic E-state index is 12.0. The SMILES string of the molecule is CCOc1ccc(/C=N\NC(=O)CCCCCCC(=O)N/N=C\c2ccc(OCC)c(OC)c2)cc1OC. The zero-order chi connectivity index (χ0) is 27.6. The number of nitrogens with zero attached hydrogens (tertiary/aromatic N) is 2. The predicted molar refractivity (Wildman–Crippen MR) is 148 cm³/mol. The highest BCUT2D eigenvalue weighted by atomic mass is 16.5. The predicted octanol–water partition coefficient (Wildman–Crippen LogP) is 4.44. The number of unbranched alkanes of at least 4 members (excludes halogenated alkanes) is 3. The normalized spacial score (nSPS) is 10.9. The zero-order valence-corrected chi connectivity index (χ0v) is 22.6. The molecule has 10 heteroatoms. The molecule has 0 radical (unpaired) electrons. The molecular formula is C28H38N4O6. The van der Waals surface area contributed by atoms with Gasteiger partial charge in [0.25, 0.3) is 0 Å². The maximum Gasteiger partial charge on any atom is 0.240 e. The largest absolute Gasteiger partial charge is 0.493 e. The fraction of sp³-hybridized carbons (Fsp3) is 0.429. The summed E-state index contributed by atoms with van der Waals surface area (Å²) in [6, 6.07) is 10.9. The standard InChI is InChI=1S/C28H38N4O6/c1-5-37-23-15-13-21(17-25(23)35-3)19-29-31-27(33)11-9-7-8-10-12-28(34)32-30-20-22-14-16-24(38-6-2)26(18-22)36-4/h13-20H,5-12H2,1-4H3,(H,31,33)(H,32,34)/b29-19-,30-20-. The minimum absolute atomic E-state index is 0.155. The Balaban J connectivity index is 1.59. The number of amides is 2. The van der Waals surface area contributed by atoms with E-state index in [0.29, 0.717) is 49.1 Å². The average molecular weight is 527 g/mol. The van der Waals surface area contributed by atoms with E-state index in [1.54, 1.807) is 50.9 Å². The second-order valence-corrected chi connectivity index (χ2v) is 8.19. The zero-order valence-electron chi connectivity index (χ0n) is 22.6. The number of nitrogens with one attached hydrogen (secondary N) is 2. The fourth-order valence-electron chi connectivity index (χ4n) is 3.47. The molecule has 38 heavy (non-hydrogen) atoms. The van der Waals surface area contributed by atoms with E-state index in [2.05, 4.69) is 21.1 Å². The first-order valence-corrected chi connectivity index (χ1v) is 12.8. The van der Waals surface area contributed by atoms with Crippen LogP contribution in [0.25, 0.3) is 0 Å². The number of carbonyl (C=O) groups excluding carboxylic acids is 2. The molecule has 2 aromatic rings. The van der Waals surface area contributed by atoms with Crippen LogP contribution in [0.2, 0.25) is 0 Å². The van der Waals surface area contributed by atoms with E-state index in [0.717, 1.165) is 36.8 Å². The smallest absolute Gasteiger partial charge is 0.240 e. The summed E-state index contributed by atoms with van der Waals surface area (Å²) in [5.41, 5.74) is 6.64. The number of rotatable bonds is 17. The van der Waals surface area contributed by atoms with Gasteiger partial charge in [-0.05, 0) is 74.2 Å². The maximum atomic E-state index is 12.0. The van der Waals surface area contributed by atoms with Crippen LogP contribution in [-0.2, 0) is 9.59 Å². The Hall–Kier alpha value is -4.08. The topological polar surface area (TPSA) is 120 Å². The third kappa shape index (κ3) is 10.9. The molecule has 0 spiro atoms. The Morgan fingerprint density at radius 3 is 1.47 bits per heavy atom. The Morgan fingerprint density at radius 1 is 0.684 bits per heavy atom. The summed E-state index contributed by atoms with van der Waals surface area (Å²) < 4.78 is 21.6. The number of hydrogen-bond donors (Lipinski definition) is 2. The molecule has 0 unspecified atom stereocenters. The molecule has 0 aliphatic rings. The molecule has 0 saturated heterocycles. The highest BCUT2D eigenvalue weighted by Gasteiger charge is 2.06. The summed E-state index contributed by atoms with van der Waals surface area (Å²) in [5.74, 6) is 2.22. The number of ether oxygens (including phenoxy) is 4. The molecule has 0 heterocycles. The number of benzene rings is 2. The van der Waals surface area contributed by atoms with Gasteiger partial charge in [-0.3, -0.25) is 9.59 Å². The van der Waals surface area contributed by atoms with Crippen LogP contribution in [0.1, 0.15) is 63.5 Å². The van der Waals surface area contributed by atoms with E-state index in [4.69, 9.17) is 18.9 Å². The molecule has 2 rings (SSSR count). The van der Waals surface area contributed by atoms with Crippen molar-refractivity contribution >= 4 is 24.2 Å². The molecule has 2 aromatic carbocycles. The summed E-state index contributed by atoms with van der Waals surface area (Å²) in [7, 11) is 3.15. The lowest BCUT2D eigenvalue weighted by Crippen LogP contribution is -2.17. The van der Waals surface area contributed by atoms with Crippen molar-refractivity contribution in [3.63, 3.8) is 0 Å². The third-order valence-electron chi connectivity index (χ3n) is 5.34. The van der Waals surface area contributed by atoms with Gasteiger partial charge in [-0.1, -0.05) is 12.8 Å². The second kappa shape index (κ2) is 17.4. The number of hydrazone groups is 2. The van der Waals surface area contributed by atoms with Crippen LogP contribution >= 0.6 is 0 Å². The lowest BCUT2D eigenvalue weighted by atomic mass is 10.1. The summed E-state index contributed by atoms with van der Waals surface area (Å²) in [6.45, 7) is 4.90. The number of hydrogen-bond acceptors (Lipinski definition) is 8. The Morgan fingerprint density at radius 2 is 1.11 bits per heavy atom. The summed E-state index contributed by atoms with van der Waals surface area (Å²) in [5, 5.41) is 8.01. The van der Waals surface area contributed by atoms with Crippen LogP contribution in [0.15, 0.2) is 46.6 Å². The van der Waals surface area contributed by atoms with Crippen molar-refractivity contribution in [3.05, 3.63) is 47.5 Å². The quantitative estimate of drug-likeness (QED) is 0.179. The first-order chi connectivity index (χ1) is 18.5. The summed E-state index contributed by atoms with van der Waals surface area (Å²) in [4.78, 5) is 24.0. The molecule has 0 bridgehead atoms. The molecule has 2 amide bonds. The summed E-state index contributed by atoms with van der Waals surface area (Å²) in [6.07, 6.45) is 6.98. The van der Waals surface area contributed by atoms with Gasteiger partial charge >= 0.3 is 0 Å². The minimum Gasteiger partial charge on any atom is -0.493 e. The van der Waals surface area contributed by atoms with Crippen molar-refractivity contribution in [3.8, 4) is 23.0 Å². The highest BCUT2D eigenvalue weighted by molar-refractivity contribution is 5.84. The van der Waals surface area contributed by atoms with Gasteiger partial charge in [0.2, 0.25) is 11.8 Å². The van der Waals surface area contributed by atoms with Crippen LogP contribution in [0.4, 0.5) is 0 Å². The number of methoxy groups -OCH3 is 2. The Labute approximate surface area is 224 Å². The van der Waals surface area contributed by atoms with Gasteiger partial charge in [0.05, 0.1) is 39.9 Å². The third-order valence-corrected chi connectivity index (χ3v) is 5.34. The molecule has 206 valence electrons. The fourth-order valence-corrected chi connectivity index (χ4v) is 3.47. The van der Waals surface area contributed by atoms with Crippen LogP contribution < -0.4 is 29.8 Å². The van der Waals surface area contributed by atoms with Crippen LogP contribution in [-0.4, -0.2) is 51.7 Å². The van der Waals surface area contributed by atoms with E-state index in [-0.39, 0.29) is 11.8 Å². The molecular weight excluding hydrogens is 488 g/mol. The van der Waals surface area contributed by atoms with E-state index in [1.807, 2.05) is 26.0 Å². The van der Waals surface area contributed by atoms with Crippen LogP contribution in [0, 0.1) is 0 Å². The van der Waals surface area contributed by atoms with Crippen LogP contribution in [0.5, 0.6) is 23.0 Å². The number of carbonyl (C=O) groups is 2. The van der Waals surface area contributed by atoms with Gasteiger partial charge in [0.1, 0.15) is 0 Å². The minimum atomic E-state index is -0.155. The van der Waals surface area contributed by atoms with Gasteiger partial charge in [-0.25, -0.2) is 10.9 Å². The first-order valence-electron chi connectivity index (χ1n) is 12.8. The molecule has 0 saturated carbocycles. The van der Waals surface area contributed by atoms with Gasteiger partial charge in [-0.2, -0.15) is 10.2 Å². The van der Waals surface area contributed by atoms with Gasteiger partial charge in [-0.15, -0.1) is 0 Å². The molecule has 0 fully saturated rings. The Kier molecular flexibility index (Phi) is 13.8. The van der Waals surface area contributed by atoms with Crippen molar-refractivity contribution in [2.75, 3.05) is 27.4 Å². The monoisotopic (exact) mass is 526 g/mol. The molecule has 0 aromatic heterocycles. The van der Waals surface area contributed by atoms with Crippen molar-refractivity contribution in [1.82, 2.24) is 10.9 Å². The van der Waals surface area contributed by atoms with Crippen molar-refractivity contribution < 1.29 is 28.5 Å². The highest BCUT2D eigenvalue weighted by Crippen LogP contribution is 2.28. The van der Waals surface area contributed by atoms with E-state index in [9.17, 15) is 9.59 Å². The van der Waals surface area contributed by atoms with Crippen molar-refractivity contribution in [2.45, 2.75) is 52.4 Å². The second-order valence-electron chi connectivity index (χ2n) is 8.19. The average Bonchev–Trinajstić information content (AvgIpc) is 2.92. The van der Waals surface area contributed by atoms with Gasteiger partial charge in [0.15, 0.2) is 23.0 Å². The van der Waals surface area contributed by atoms with Crippen molar-refractivity contribution in [1.29, 1.82) is 0 Å².